The molecule has 0 aliphatic rings. The minimum absolute atomic E-state index is 0.299. The van der Waals surface area contributed by atoms with Crippen LogP contribution in [0.2, 0.25) is 0 Å². The summed E-state index contributed by atoms with van der Waals surface area (Å²) in [6, 6.07) is 12.3. The van der Waals surface area contributed by atoms with Gasteiger partial charge < -0.3 is 11.1 Å². The zero-order chi connectivity index (χ0) is 10.7. The molecule has 0 aliphatic carbocycles. The SMILES string of the molecule is NC(=S)Nc1csc(-c2ccccc2)c1. The molecular weight excluding hydrogens is 224 g/mol. The highest BCUT2D eigenvalue weighted by molar-refractivity contribution is 7.80. The van der Waals surface area contributed by atoms with Gasteiger partial charge in [-0.15, -0.1) is 11.3 Å². The highest BCUT2D eigenvalue weighted by atomic mass is 32.1. The normalized spacial score (nSPS) is 9.87. The topological polar surface area (TPSA) is 38.0 Å². The zero-order valence-corrected chi connectivity index (χ0v) is 9.57. The van der Waals surface area contributed by atoms with Crippen molar-refractivity contribution < 1.29 is 0 Å². The van der Waals surface area contributed by atoms with Crippen LogP contribution in [0.5, 0.6) is 0 Å². The maximum atomic E-state index is 5.40. The molecule has 1 aromatic heterocycles. The lowest BCUT2D eigenvalue weighted by Gasteiger charge is -1.98. The molecule has 0 atom stereocenters. The number of thiophene rings is 1. The van der Waals surface area contributed by atoms with Crippen molar-refractivity contribution in [3.05, 3.63) is 41.8 Å². The Morgan fingerprint density at radius 3 is 2.67 bits per heavy atom. The van der Waals surface area contributed by atoms with Gasteiger partial charge in [0.05, 0.1) is 5.69 Å². The van der Waals surface area contributed by atoms with E-state index < -0.39 is 0 Å². The second-order valence-electron chi connectivity index (χ2n) is 3.05. The number of rotatable bonds is 2. The largest absolute Gasteiger partial charge is 0.376 e. The first kappa shape index (κ1) is 10.1. The van der Waals surface area contributed by atoms with Crippen LogP contribution in [-0.2, 0) is 0 Å². The number of anilines is 1. The van der Waals surface area contributed by atoms with Crippen LogP contribution >= 0.6 is 23.6 Å². The van der Waals surface area contributed by atoms with Gasteiger partial charge in [0.2, 0.25) is 0 Å². The lowest BCUT2D eigenvalue weighted by molar-refractivity contribution is 1.66. The van der Waals surface area contributed by atoms with Crippen LogP contribution < -0.4 is 11.1 Å². The summed E-state index contributed by atoms with van der Waals surface area (Å²) >= 11 is 6.44. The molecule has 0 aliphatic heterocycles. The Labute approximate surface area is 97.7 Å². The van der Waals surface area contributed by atoms with E-state index in [1.807, 2.05) is 29.6 Å². The van der Waals surface area contributed by atoms with E-state index in [4.69, 9.17) is 18.0 Å². The summed E-state index contributed by atoms with van der Waals surface area (Å²) in [7, 11) is 0. The molecule has 15 heavy (non-hydrogen) atoms. The van der Waals surface area contributed by atoms with Gasteiger partial charge in [0.25, 0.3) is 0 Å². The molecule has 1 aromatic carbocycles. The highest BCUT2D eigenvalue weighted by Gasteiger charge is 2.01. The van der Waals surface area contributed by atoms with Crippen LogP contribution in [0.25, 0.3) is 10.4 Å². The fourth-order valence-corrected chi connectivity index (χ4v) is 2.26. The average Bonchev–Trinajstić information content (AvgIpc) is 2.67. The third-order valence-electron chi connectivity index (χ3n) is 1.93. The second kappa shape index (κ2) is 4.42. The van der Waals surface area contributed by atoms with Crippen LogP contribution in [0.15, 0.2) is 41.8 Å². The van der Waals surface area contributed by atoms with Gasteiger partial charge in [-0.05, 0) is 23.8 Å². The number of thiocarbonyl (C=S) groups is 1. The van der Waals surface area contributed by atoms with Crippen molar-refractivity contribution in [2.75, 3.05) is 5.32 Å². The Hall–Kier alpha value is -1.39. The number of benzene rings is 1. The van der Waals surface area contributed by atoms with E-state index in [1.54, 1.807) is 11.3 Å². The first-order chi connectivity index (χ1) is 7.25. The number of nitrogens with two attached hydrogens (primary N) is 1. The monoisotopic (exact) mass is 234 g/mol. The van der Waals surface area contributed by atoms with E-state index >= 15 is 0 Å². The van der Waals surface area contributed by atoms with Crippen LogP contribution in [0.4, 0.5) is 5.69 Å². The summed E-state index contributed by atoms with van der Waals surface area (Å²) in [4.78, 5) is 1.20. The van der Waals surface area contributed by atoms with Crippen molar-refractivity contribution in [1.82, 2.24) is 0 Å². The first-order valence-electron chi connectivity index (χ1n) is 4.46. The predicted molar refractivity (Wildman–Crippen MR) is 70.2 cm³/mol. The minimum Gasteiger partial charge on any atom is -0.376 e. The van der Waals surface area contributed by atoms with Gasteiger partial charge in [0.15, 0.2) is 5.11 Å². The molecule has 1 heterocycles. The zero-order valence-electron chi connectivity index (χ0n) is 7.94. The molecule has 2 nitrogen and oxygen atoms in total. The third kappa shape index (κ3) is 2.55. The molecule has 4 heteroatoms. The van der Waals surface area contributed by atoms with E-state index in [9.17, 15) is 0 Å². The lowest BCUT2D eigenvalue weighted by Crippen LogP contribution is -2.18. The molecule has 2 aromatic rings. The average molecular weight is 234 g/mol. The highest BCUT2D eigenvalue weighted by Crippen LogP contribution is 2.29. The van der Waals surface area contributed by atoms with Crippen molar-refractivity contribution in [3.63, 3.8) is 0 Å². The van der Waals surface area contributed by atoms with Crippen LogP contribution in [0.1, 0.15) is 0 Å². The quantitative estimate of drug-likeness (QED) is 0.784. The Morgan fingerprint density at radius 2 is 2.00 bits per heavy atom. The number of hydrogen-bond donors (Lipinski definition) is 2. The summed E-state index contributed by atoms with van der Waals surface area (Å²) in [6.45, 7) is 0. The fraction of sp³-hybridized carbons (Fsp3) is 0. The predicted octanol–water partition coefficient (Wildman–Crippen LogP) is 3.07. The fourth-order valence-electron chi connectivity index (χ4n) is 1.30. The molecule has 0 radical (unpaired) electrons. The molecule has 76 valence electrons. The third-order valence-corrected chi connectivity index (χ3v) is 3.01. The Balaban J connectivity index is 2.24. The van der Waals surface area contributed by atoms with Gasteiger partial charge in [-0.3, -0.25) is 0 Å². The molecule has 0 spiro atoms. The molecule has 0 bridgehead atoms. The van der Waals surface area contributed by atoms with Crippen LogP contribution in [-0.4, -0.2) is 5.11 Å². The molecule has 3 N–H and O–H groups in total. The molecule has 2 rings (SSSR count). The molecule has 0 saturated heterocycles. The standard InChI is InChI=1S/C11H10N2S2/c12-11(14)13-9-6-10(15-7-9)8-4-2-1-3-5-8/h1-7H,(H3,12,13,14). The van der Waals surface area contributed by atoms with Gasteiger partial charge >= 0.3 is 0 Å². The molecule has 0 unspecified atom stereocenters. The van der Waals surface area contributed by atoms with E-state index in [1.165, 1.54) is 10.4 Å². The maximum Gasteiger partial charge on any atom is 0.168 e. The Morgan fingerprint density at radius 1 is 1.27 bits per heavy atom. The summed E-state index contributed by atoms with van der Waals surface area (Å²) in [5, 5.41) is 5.21. The summed E-state index contributed by atoms with van der Waals surface area (Å²) in [5.74, 6) is 0. The van der Waals surface area contributed by atoms with Gasteiger partial charge in [-0.2, -0.15) is 0 Å². The van der Waals surface area contributed by atoms with E-state index in [-0.39, 0.29) is 0 Å². The molecular formula is C11H10N2S2. The van der Waals surface area contributed by atoms with Gasteiger partial charge in [-0.25, -0.2) is 0 Å². The summed E-state index contributed by atoms with van der Waals surface area (Å²) in [5.41, 5.74) is 7.55. The Bertz CT molecular complexity index is 462. The second-order valence-corrected chi connectivity index (χ2v) is 4.41. The van der Waals surface area contributed by atoms with Gasteiger partial charge in [-0.1, -0.05) is 30.3 Å². The van der Waals surface area contributed by atoms with Crippen molar-refractivity contribution in [2.24, 2.45) is 5.73 Å². The van der Waals surface area contributed by atoms with Crippen molar-refractivity contribution >= 4 is 34.4 Å². The molecule has 0 fully saturated rings. The smallest absolute Gasteiger partial charge is 0.168 e. The van der Waals surface area contributed by atoms with Crippen molar-refractivity contribution in [3.8, 4) is 10.4 Å². The number of nitrogens with one attached hydrogen (secondary N) is 1. The van der Waals surface area contributed by atoms with E-state index in [0.29, 0.717) is 5.11 Å². The maximum absolute atomic E-state index is 5.40. The molecule has 0 saturated carbocycles. The lowest BCUT2D eigenvalue weighted by atomic mass is 10.2. The summed E-state index contributed by atoms with van der Waals surface area (Å²) in [6.07, 6.45) is 0. The first-order valence-corrected chi connectivity index (χ1v) is 5.75. The van der Waals surface area contributed by atoms with E-state index in [2.05, 4.69) is 17.4 Å². The van der Waals surface area contributed by atoms with Gasteiger partial charge in [0.1, 0.15) is 0 Å². The Kier molecular flexibility index (Phi) is 2.99. The minimum atomic E-state index is 0.299. The summed E-state index contributed by atoms with van der Waals surface area (Å²) < 4.78 is 0. The van der Waals surface area contributed by atoms with Crippen LogP contribution in [0.3, 0.4) is 0 Å². The molecule has 0 amide bonds. The van der Waals surface area contributed by atoms with E-state index in [0.717, 1.165) is 5.69 Å². The van der Waals surface area contributed by atoms with Crippen molar-refractivity contribution in [1.29, 1.82) is 0 Å². The van der Waals surface area contributed by atoms with Crippen molar-refractivity contribution in [2.45, 2.75) is 0 Å². The number of hydrogen-bond acceptors (Lipinski definition) is 2. The van der Waals surface area contributed by atoms with Gasteiger partial charge in [0, 0.05) is 10.3 Å². The van der Waals surface area contributed by atoms with Crippen LogP contribution in [0, 0.1) is 0 Å².